The van der Waals surface area contributed by atoms with E-state index in [0.29, 0.717) is 30.2 Å². The molecule has 2 fully saturated rings. The fourth-order valence-electron chi connectivity index (χ4n) is 4.31. The molecule has 0 radical (unpaired) electrons. The number of methoxy groups -OCH3 is 3. The van der Waals surface area contributed by atoms with Crippen molar-refractivity contribution >= 4 is 17.9 Å². The standard InChI is InChI=1S/C23H32N2O5/c1-28-19-14-16(15-20(29-2)22(19)30-3)11-12-21(26)25-13-7-10-18(25)23(27)24-17-8-5-4-6-9-17/h11-12,14-15,17-18H,4-10,13H2,1-3H3,(H,24,27)/b12-11+/t18-/m0/s1. The smallest absolute Gasteiger partial charge is 0.247 e. The molecule has 30 heavy (non-hydrogen) atoms. The van der Waals surface area contributed by atoms with Crippen molar-refractivity contribution in [3.8, 4) is 17.2 Å². The highest BCUT2D eigenvalue weighted by molar-refractivity contribution is 5.96. The van der Waals surface area contributed by atoms with Gasteiger partial charge in [0.2, 0.25) is 17.6 Å². The number of ether oxygens (including phenoxy) is 3. The van der Waals surface area contributed by atoms with Gasteiger partial charge in [-0.15, -0.1) is 0 Å². The molecule has 1 N–H and O–H groups in total. The van der Waals surface area contributed by atoms with Gasteiger partial charge in [0, 0.05) is 18.7 Å². The predicted molar refractivity (Wildman–Crippen MR) is 115 cm³/mol. The minimum atomic E-state index is -0.385. The molecular weight excluding hydrogens is 384 g/mol. The maximum atomic E-state index is 12.8. The fraction of sp³-hybridized carbons (Fsp3) is 0.565. The summed E-state index contributed by atoms with van der Waals surface area (Å²) in [6.07, 6.45) is 10.4. The normalized spacial score (nSPS) is 19.7. The highest BCUT2D eigenvalue weighted by Gasteiger charge is 2.34. The van der Waals surface area contributed by atoms with E-state index < -0.39 is 0 Å². The average molecular weight is 417 g/mol. The molecule has 0 unspecified atom stereocenters. The Morgan fingerprint density at radius 1 is 0.967 bits per heavy atom. The Labute approximate surface area is 178 Å². The SMILES string of the molecule is COc1cc(/C=C/C(=O)N2CCC[C@H]2C(=O)NC2CCCCC2)cc(OC)c1OC. The lowest BCUT2D eigenvalue weighted by molar-refractivity contribution is -0.135. The van der Waals surface area contributed by atoms with Crippen LogP contribution in [0.15, 0.2) is 18.2 Å². The van der Waals surface area contributed by atoms with Crippen LogP contribution in [-0.4, -0.2) is 56.7 Å². The zero-order chi connectivity index (χ0) is 21.5. The van der Waals surface area contributed by atoms with Crippen molar-refractivity contribution in [1.82, 2.24) is 10.2 Å². The summed E-state index contributed by atoms with van der Waals surface area (Å²) in [5.74, 6) is 1.37. The molecule has 3 rings (SSSR count). The van der Waals surface area contributed by atoms with Crippen LogP contribution >= 0.6 is 0 Å². The van der Waals surface area contributed by atoms with Crippen LogP contribution in [0.2, 0.25) is 0 Å². The summed E-state index contributed by atoms with van der Waals surface area (Å²) in [6, 6.07) is 3.42. The Morgan fingerprint density at radius 3 is 2.23 bits per heavy atom. The van der Waals surface area contributed by atoms with E-state index in [1.807, 2.05) is 0 Å². The van der Waals surface area contributed by atoms with Crippen LogP contribution in [-0.2, 0) is 9.59 Å². The molecule has 1 aliphatic carbocycles. The van der Waals surface area contributed by atoms with Crippen LogP contribution in [0.1, 0.15) is 50.5 Å². The summed E-state index contributed by atoms with van der Waals surface area (Å²) >= 11 is 0. The largest absolute Gasteiger partial charge is 0.493 e. The lowest BCUT2D eigenvalue weighted by Gasteiger charge is -2.27. The van der Waals surface area contributed by atoms with Crippen LogP contribution in [0, 0.1) is 0 Å². The van der Waals surface area contributed by atoms with Crippen LogP contribution in [0.5, 0.6) is 17.2 Å². The molecule has 1 saturated heterocycles. The first-order valence-corrected chi connectivity index (χ1v) is 10.7. The van der Waals surface area contributed by atoms with Crippen molar-refractivity contribution in [2.45, 2.75) is 57.0 Å². The molecule has 2 aliphatic rings. The quantitative estimate of drug-likeness (QED) is 0.691. The first-order valence-electron chi connectivity index (χ1n) is 10.7. The molecule has 7 nitrogen and oxygen atoms in total. The molecule has 1 aromatic carbocycles. The number of nitrogens with one attached hydrogen (secondary N) is 1. The Kier molecular flexibility index (Phi) is 7.60. The second-order valence-electron chi connectivity index (χ2n) is 7.83. The third-order valence-corrected chi connectivity index (χ3v) is 5.90. The van der Waals surface area contributed by atoms with E-state index in [1.165, 1.54) is 12.5 Å². The Bertz CT molecular complexity index is 761. The molecule has 0 bridgehead atoms. The highest BCUT2D eigenvalue weighted by Crippen LogP contribution is 2.38. The molecule has 1 aromatic rings. The molecule has 0 aromatic heterocycles. The second-order valence-corrected chi connectivity index (χ2v) is 7.83. The molecule has 1 heterocycles. The summed E-state index contributed by atoms with van der Waals surface area (Å²) in [5, 5.41) is 3.16. The van der Waals surface area contributed by atoms with Gasteiger partial charge in [0.25, 0.3) is 0 Å². The molecule has 1 saturated carbocycles. The van der Waals surface area contributed by atoms with Crippen molar-refractivity contribution in [2.24, 2.45) is 0 Å². The van der Waals surface area contributed by atoms with E-state index in [1.54, 1.807) is 44.4 Å². The maximum Gasteiger partial charge on any atom is 0.247 e. The van der Waals surface area contributed by atoms with E-state index >= 15 is 0 Å². The lowest BCUT2D eigenvalue weighted by atomic mass is 9.95. The van der Waals surface area contributed by atoms with Gasteiger partial charge in [-0.1, -0.05) is 19.3 Å². The third-order valence-electron chi connectivity index (χ3n) is 5.90. The van der Waals surface area contributed by atoms with E-state index in [4.69, 9.17) is 14.2 Å². The molecule has 1 aliphatic heterocycles. The van der Waals surface area contributed by atoms with E-state index in [-0.39, 0.29) is 23.9 Å². The van der Waals surface area contributed by atoms with Crippen molar-refractivity contribution in [2.75, 3.05) is 27.9 Å². The van der Waals surface area contributed by atoms with Crippen molar-refractivity contribution in [3.05, 3.63) is 23.8 Å². The van der Waals surface area contributed by atoms with Crippen LogP contribution < -0.4 is 19.5 Å². The minimum absolute atomic E-state index is 0.0195. The highest BCUT2D eigenvalue weighted by atomic mass is 16.5. The Balaban J connectivity index is 1.68. The zero-order valence-corrected chi connectivity index (χ0v) is 18.1. The first-order chi connectivity index (χ1) is 14.6. The summed E-state index contributed by atoms with van der Waals surface area (Å²) in [7, 11) is 4.65. The Hall–Kier alpha value is -2.70. The first kappa shape index (κ1) is 22.0. The zero-order valence-electron chi connectivity index (χ0n) is 18.1. The van der Waals surface area contributed by atoms with E-state index in [2.05, 4.69) is 5.32 Å². The number of carbonyl (C=O) groups excluding carboxylic acids is 2. The summed E-state index contributed by atoms with van der Waals surface area (Å²) < 4.78 is 16.0. The monoisotopic (exact) mass is 416 g/mol. The van der Waals surface area contributed by atoms with E-state index in [0.717, 1.165) is 37.7 Å². The minimum Gasteiger partial charge on any atom is -0.493 e. The average Bonchev–Trinajstić information content (AvgIpc) is 3.27. The van der Waals surface area contributed by atoms with Gasteiger partial charge in [-0.3, -0.25) is 9.59 Å². The van der Waals surface area contributed by atoms with Gasteiger partial charge in [0.05, 0.1) is 21.3 Å². The number of rotatable bonds is 7. The van der Waals surface area contributed by atoms with Gasteiger partial charge in [0.15, 0.2) is 11.5 Å². The fourth-order valence-corrected chi connectivity index (χ4v) is 4.31. The molecule has 0 spiro atoms. The summed E-state index contributed by atoms with van der Waals surface area (Å²) in [6.45, 7) is 0.598. The predicted octanol–water partition coefficient (Wildman–Crippen LogP) is 3.17. The Morgan fingerprint density at radius 2 is 1.63 bits per heavy atom. The van der Waals surface area contributed by atoms with Crippen molar-refractivity contribution < 1.29 is 23.8 Å². The van der Waals surface area contributed by atoms with Gasteiger partial charge in [0.1, 0.15) is 6.04 Å². The molecule has 2 amide bonds. The number of carbonyl (C=O) groups is 2. The van der Waals surface area contributed by atoms with Crippen LogP contribution in [0.4, 0.5) is 0 Å². The van der Waals surface area contributed by atoms with Crippen LogP contribution in [0.25, 0.3) is 6.08 Å². The van der Waals surface area contributed by atoms with Crippen molar-refractivity contribution in [1.29, 1.82) is 0 Å². The molecule has 7 heteroatoms. The van der Waals surface area contributed by atoms with E-state index in [9.17, 15) is 9.59 Å². The summed E-state index contributed by atoms with van der Waals surface area (Å²) in [5.41, 5.74) is 0.750. The maximum absolute atomic E-state index is 12.8. The number of amides is 2. The van der Waals surface area contributed by atoms with Crippen molar-refractivity contribution in [3.63, 3.8) is 0 Å². The molecular formula is C23H32N2O5. The number of nitrogens with zero attached hydrogens (tertiary/aromatic N) is 1. The second kappa shape index (κ2) is 10.4. The molecule has 1 atom stereocenters. The number of benzene rings is 1. The summed E-state index contributed by atoms with van der Waals surface area (Å²) in [4.78, 5) is 27.3. The lowest BCUT2D eigenvalue weighted by Crippen LogP contribution is -2.48. The third kappa shape index (κ3) is 5.07. The number of hydrogen-bond acceptors (Lipinski definition) is 5. The van der Waals surface area contributed by atoms with Gasteiger partial charge in [-0.2, -0.15) is 0 Å². The number of hydrogen-bond donors (Lipinski definition) is 1. The van der Waals surface area contributed by atoms with Crippen LogP contribution in [0.3, 0.4) is 0 Å². The topological polar surface area (TPSA) is 77.1 Å². The van der Waals surface area contributed by atoms with Gasteiger partial charge < -0.3 is 24.4 Å². The van der Waals surface area contributed by atoms with Gasteiger partial charge in [-0.25, -0.2) is 0 Å². The van der Waals surface area contributed by atoms with Gasteiger partial charge in [-0.05, 0) is 49.5 Å². The van der Waals surface area contributed by atoms with Gasteiger partial charge >= 0.3 is 0 Å². The number of likely N-dealkylation sites (tertiary alicyclic amines) is 1. The molecule has 164 valence electrons.